The predicted molar refractivity (Wildman–Crippen MR) is 114 cm³/mol. The summed E-state index contributed by atoms with van der Waals surface area (Å²) in [5, 5.41) is 2.38. The number of hydrogen-bond donors (Lipinski definition) is 1. The lowest BCUT2D eigenvalue weighted by molar-refractivity contribution is -0.136. The van der Waals surface area contributed by atoms with Gasteiger partial charge in [-0.3, -0.25) is 4.79 Å². The predicted octanol–water partition coefficient (Wildman–Crippen LogP) is 5.06. The fourth-order valence-corrected chi connectivity index (χ4v) is 5.61. The monoisotopic (exact) mass is 467 g/mol. The molecular formula is C22H21F4N3O2S. The molecule has 0 radical (unpaired) electrons. The molecule has 5 nitrogen and oxygen atoms in total. The van der Waals surface area contributed by atoms with Gasteiger partial charge in [0.15, 0.2) is 0 Å². The van der Waals surface area contributed by atoms with Gasteiger partial charge in [-0.25, -0.2) is 9.18 Å². The summed E-state index contributed by atoms with van der Waals surface area (Å²) in [6.45, 7) is 1.16. The van der Waals surface area contributed by atoms with Gasteiger partial charge in [0.25, 0.3) is 5.91 Å². The SMILES string of the molecule is O=C(Nc1ccccc1C(F)(F)F)N1CCC2(CC1)SCCN2C(=O)c1ccc(F)cc1. The van der Waals surface area contributed by atoms with Crippen LogP contribution in [-0.4, -0.2) is 52.0 Å². The van der Waals surface area contributed by atoms with E-state index < -0.39 is 28.5 Å². The van der Waals surface area contributed by atoms with Crippen LogP contribution in [0.15, 0.2) is 48.5 Å². The summed E-state index contributed by atoms with van der Waals surface area (Å²) >= 11 is 1.65. The Bertz CT molecular complexity index is 1000. The van der Waals surface area contributed by atoms with Gasteiger partial charge in [0.1, 0.15) is 5.82 Å². The molecule has 2 saturated heterocycles. The second kappa shape index (κ2) is 8.65. The summed E-state index contributed by atoms with van der Waals surface area (Å²) in [6, 6.07) is 9.65. The standard InChI is InChI=1S/C22H21F4N3O2S/c23-16-7-5-15(6-8-16)19(30)29-13-14-32-21(29)9-11-28(12-10-21)20(31)27-18-4-2-1-3-17(18)22(24,25)26/h1-8H,9-14H2,(H,27,31). The minimum absolute atomic E-state index is 0.188. The molecule has 10 heteroatoms. The maximum atomic E-state index is 13.2. The number of anilines is 1. The Kier molecular flexibility index (Phi) is 6.07. The van der Waals surface area contributed by atoms with Crippen molar-refractivity contribution in [2.24, 2.45) is 0 Å². The number of nitrogens with one attached hydrogen (secondary N) is 1. The van der Waals surface area contributed by atoms with Crippen LogP contribution < -0.4 is 5.32 Å². The number of carbonyl (C=O) groups excluding carboxylic acids is 2. The van der Waals surface area contributed by atoms with Crippen LogP contribution in [0.25, 0.3) is 0 Å². The molecule has 2 aliphatic heterocycles. The molecular weight excluding hydrogens is 446 g/mol. The number of nitrogens with zero attached hydrogens (tertiary/aromatic N) is 2. The van der Waals surface area contributed by atoms with Crippen molar-refractivity contribution in [3.05, 3.63) is 65.5 Å². The normalized spacial score (nSPS) is 18.1. The Morgan fingerprint density at radius 3 is 2.28 bits per heavy atom. The highest BCUT2D eigenvalue weighted by molar-refractivity contribution is 8.00. The van der Waals surface area contributed by atoms with E-state index in [4.69, 9.17) is 0 Å². The van der Waals surface area contributed by atoms with E-state index in [1.54, 1.807) is 16.7 Å². The molecule has 170 valence electrons. The number of para-hydroxylation sites is 1. The highest BCUT2D eigenvalue weighted by atomic mass is 32.2. The molecule has 0 atom stereocenters. The molecule has 0 aliphatic carbocycles. The Balaban J connectivity index is 1.43. The van der Waals surface area contributed by atoms with Gasteiger partial charge in [-0.1, -0.05) is 12.1 Å². The third kappa shape index (κ3) is 4.41. The van der Waals surface area contributed by atoms with Gasteiger partial charge in [0.2, 0.25) is 0 Å². The fourth-order valence-electron chi connectivity index (χ4n) is 4.15. The van der Waals surface area contributed by atoms with Crippen LogP contribution in [0.4, 0.5) is 28.0 Å². The first-order chi connectivity index (χ1) is 15.2. The number of halogens is 4. The molecule has 3 amide bonds. The van der Waals surface area contributed by atoms with Crippen LogP contribution in [0.1, 0.15) is 28.8 Å². The van der Waals surface area contributed by atoms with E-state index in [9.17, 15) is 27.2 Å². The first kappa shape index (κ1) is 22.4. The maximum Gasteiger partial charge on any atom is 0.418 e. The zero-order chi connectivity index (χ0) is 22.9. The third-order valence-corrected chi connectivity index (χ3v) is 7.37. The molecule has 2 fully saturated rings. The van der Waals surface area contributed by atoms with E-state index in [-0.39, 0.29) is 11.6 Å². The van der Waals surface area contributed by atoms with Crippen LogP contribution >= 0.6 is 11.8 Å². The van der Waals surface area contributed by atoms with Gasteiger partial charge < -0.3 is 15.1 Å². The van der Waals surface area contributed by atoms with Crippen molar-refractivity contribution in [3.63, 3.8) is 0 Å². The molecule has 1 N–H and O–H groups in total. The second-order valence-corrected chi connectivity index (χ2v) is 9.18. The Labute approximate surface area is 186 Å². The number of urea groups is 1. The quantitative estimate of drug-likeness (QED) is 0.629. The maximum absolute atomic E-state index is 13.2. The highest BCUT2D eigenvalue weighted by Gasteiger charge is 2.47. The molecule has 0 aromatic heterocycles. The van der Waals surface area contributed by atoms with Crippen molar-refractivity contribution < 1.29 is 27.2 Å². The summed E-state index contributed by atoms with van der Waals surface area (Å²) < 4.78 is 52.8. The molecule has 2 aliphatic rings. The van der Waals surface area contributed by atoms with Gasteiger partial charge in [-0.05, 0) is 49.2 Å². The minimum atomic E-state index is -4.57. The van der Waals surface area contributed by atoms with Crippen molar-refractivity contribution in [3.8, 4) is 0 Å². The molecule has 4 rings (SSSR count). The number of piperidine rings is 1. The van der Waals surface area contributed by atoms with Gasteiger partial charge in [-0.2, -0.15) is 13.2 Å². The molecule has 32 heavy (non-hydrogen) atoms. The van der Waals surface area contributed by atoms with Gasteiger partial charge in [0.05, 0.1) is 16.1 Å². The van der Waals surface area contributed by atoms with E-state index in [2.05, 4.69) is 5.32 Å². The summed E-state index contributed by atoms with van der Waals surface area (Å²) in [5.41, 5.74) is -0.782. The number of thioether (sulfide) groups is 1. The number of amides is 3. The summed E-state index contributed by atoms with van der Waals surface area (Å²) in [6.07, 6.45) is -3.57. The molecule has 1 spiro atoms. The molecule has 0 saturated carbocycles. The zero-order valence-corrected chi connectivity index (χ0v) is 17.8. The topological polar surface area (TPSA) is 52.7 Å². The highest BCUT2D eigenvalue weighted by Crippen LogP contribution is 2.44. The van der Waals surface area contributed by atoms with E-state index in [0.29, 0.717) is 38.0 Å². The molecule has 2 heterocycles. The summed E-state index contributed by atoms with van der Waals surface area (Å²) in [4.78, 5) is 28.4. The zero-order valence-electron chi connectivity index (χ0n) is 17.0. The lowest BCUT2D eigenvalue weighted by atomic mass is 10.0. The van der Waals surface area contributed by atoms with Crippen LogP contribution in [0.5, 0.6) is 0 Å². The Morgan fingerprint density at radius 2 is 1.62 bits per heavy atom. The number of benzene rings is 2. The first-order valence-corrected chi connectivity index (χ1v) is 11.1. The van der Waals surface area contributed by atoms with Crippen LogP contribution in [0.3, 0.4) is 0 Å². The van der Waals surface area contributed by atoms with Crippen molar-refractivity contribution in [1.82, 2.24) is 9.80 Å². The Hall–Kier alpha value is -2.75. The number of carbonyl (C=O) groups is 2. The van der Waals surface area contributed by atoms with E-state index in [0.717, 1.165) is 11.8 Å². The average Bonchev–Trinajstić information content (AvgIpc) is 3.16. The van der Waals surface area contributed by atoms with Crippen LogP contribution in [0.2, 0.25) is 0 Å². The lowest BCUT2D eigenvalue weighted by Crippen LogP contribution is -2.54. The van der Waals surface area contributed by atoms with Crippen LogP contribution in [-0.2, 0) is 6.18 Å². The lowest BCUT2D eigenvalue weighted by Gasteiger charge is -2.44. The molecule has 0 unspecified atom stereocenters. The number of rotatable bonds is 2. The van der Waals surface area contributed by atoms with E-state index in [1.165, 1.54) is 47.4 Å². The van der Waals surface area contributed by atoms with Crippen molar-refractivity contribution >= 4 is 29.4 Å². The Morgan fingerprint density at radius 1 is 0.969 bits per heavy atom. The molecule has 0 bridgehead atoms. The smallest absolute Gasteiger partial charge is 0.324 e. The number of alkyl halides is 3. The third-order valence-electron chi connectivity index (χ3n) is 5.82. The first-order valence-electron chi connectivity index (χ1n) is 10.1. The van der Waals surface area contributed by atoms with Crippen LogP contribution in [0, 0.1) is 5.82 Å². The van der Waals surface area contributed by atoms with Crippen molar-refractivity contribution in [2.75, 3.05) is 30.7 Å². The van der Waals surface area contributed by atoms with E-state index in [1.807, 2.05) is 0 Å². The summed E-state index contributed by atoms with van der Waals surface area (Å²) in [5.74, 6) is 0.142. The number of hydrogen-bond acceptors (Lipinski definition) is 3. The molecule has 2 aromatic rings. The van der Waals surface area contributed by atoms with Gasteiger partial charge in [-0.15, -0.1) is 11.8 Å². The largest absolute Gasteiger partial charge is 0.418 e. The van der Waals surface area contributed by atoms with Crippen molar-refractivity contribution in [1.29, 1.82) is 0 Å². The second-order valence-electron chi connectivity index (χ2n) is 7.72. The molecule has 2 aromatic carbocycles. The number of likely N-dealkylation sites (tertiary alicyclic amines) is 1. The fraction of sp³-hybridized carbons (Fsp3) is 0.364. The summed E-state index contributed by atoms with van der Waals surface area (Å²) in [7, 11) is 0. The van der Waals surface area contributed by atoms with Gasteiger partial charge >= 0.3 is 12.2 Å². The minimum Gasteiger partial charge on any atom is -0.324 e. The van der Waals surface area contributed by atoms with E-state index >= 15 is 0 Å². The average molecular weight is 467 g/mol. The van der Waals surface area contributed by atoms with Gasteiger partial charge in [0, 0.05) is 31.0 Å². The van der Waals surface area contributed by atoms with Crippen molar-refractivity contribution in [2.45, 2.75) is 23.9 Å².